The van der Waals surface area contributed by atoms with Gasteiger partial charge in [0.05, 0.1) is 47.1 Å². The number of aliphatic hydroxyl groups is 2. The van der Waals surface area contributed by atoms with Crippen LogP contribution in [0.3, 0.4) is 0 Å². The van der Waals surface area contributed by atoms with E-state index >= 15 is 0 Å². The van der Waals surface area contributed by atoms with Gasteiger partial charge in [0, 0.05) is 5.92 Å². The lowest BCUT2D eigenvalue weighted by atomic mass is 9.58. The van der Waals surface area contributed by atoms with Gasteiger partial charge in [0.1, 0.15) is 13.2 Å². The molecule has 3 N–H and O–H groups in total. The number of esters is 4. The highest BCUT2D eigenvalue weighted by Crippen LogP contribution is 2.55. The third-order valence-electron chi connectivity index (χ3n) is 14.5. The van der Waals surface area contributed by atoms with E-state index in [1.165, 1.54) is 0 Å². The van der Waals surface area contributed by atoms with E-state index in [4.69, 9.17) is 23.5 Å². The Balaban J connectivity index is 1.04. The Morgan fingerprint density at radius 1 is 0.772 bits per heavy atom. The summed E-state index contributed by atoms with van der Waals surface area (Å²) in [7, 11) is -6.18. The van der Waals surface area contributed by atoms with Crippen LogP contribution >= 0.6 is 0 Å². The molecule has 7 aliphatic rings. The summed E-state index contributed by atoms with van der Waals surface area (Å²) < 4.78 is 88.3. The molecule has 11 unspecified atom stereocenters. The molecule has 6 saturated carbocycles. The van der Waals surface area contributed by atoms with Gasteiger partial charge in [-0.15, -0.1) is 0 Å². The van der Waals surface area contributed by atoms with Crippen LogP contribution in [0.4, 0.5) is 8.78 Å². The van der Waals surface area contributed by atoms with Crippen LogP contribution in [-0.4, -0.2) is 96.7 Å². The average molecular weight is 833 g/mol. The van der Waals surface area contributed by atoms with Crippen LogP contribution in [0.5, 0.6) is 0 Å². The summed E-state index contributed by atoms with van der Waals surface area (Å²) in [5.41, 5.74) is -4.29. The first-order valence-electron chi connectivity index (χ1n) is 20.7. The second kappa shape index (κ2) is 15.6. The molecule has 0 radical (unpaired) electrons. The fourth-order valence-electron chi connectivity index (χ4n) is 12.6. The van der Waals surface area contributed by atoms with Gasteiger partial charge in [-0.25, -0.2) is 4.79 Å². The first kappa shape index (κ1) is 42.8. The first-order chi connectivity index (χ1) is 26.6. The zero-order chi connectivity index (χ0) is 41.2. The standard InChI is InChI=1S/C40H58F2O14S/c1-23-6-27-10-30(43)18-38(11-23,14-27)33(45)55-22-36(19-52-31(44)28-9-26-7-24(2)12-39(48,15-26)17-28)20-53-32(54-21-36)29-8-25-4-3-5-37(13-25,16-29)34(46)56-35(47)40(41,42)57(49,50)51/h23-30,32,43,48H,3-22H2,1-2H3,(H,49,50,51). The van der Waals surface area contributed by atoms with Gasteiger partial charge >= 0.3 is 39.2 Å². The van der Waals surface area contributed by atoms with Gasteiger partial charge in [0.15, 0.2) is 6.29 Å². The van der Waals surface area contributed by atoms with Crippen molar-refractivity contribution < 1.29 is 74.8 Å². The summed E-state index contributed by atoms with van der Waals surface area (Å²) >= 11 is 0. The second-order valence-corrected chi connectivity index (χ2v) is 21.2. The molecule has 0 spiro atoms. The Morgan fingerprint density at radius 2 is 1.42 bits per heavy atom. The van der Waals surface area contributed by atoms with Crippen LogP contribution in [0, 0.1) is 57.7 Å². The van der Waals surface area contributed by atoms with Gasteiger partial charge in [-0.2, -0.15) is 17.2 Å². The van der Waals surface area contributed by atoms with Crippen molar-refractivity contribution in [3.8, 4) is 0 Å². The fraction of sp³-hybridized carbons (Fsp3) is 0.900. The molecular weight excluding hydrogens is 774 g/mol. The summed E-state index contributed by atoms with van der Waals surface area (Å²) in [5.74, 6) is -4.82. The molecule has 1 heterocycles. The Morgan fingerprint density at radius 3 is 2.11 bits per heavy atom. The summed E-state index contributed by atoms with van der Waals surface area (Å²) in [4.78, 5) is 53.1. The van der Waals surface area contributed by atoms with Crippen molar-refractivity contribution >= 4 is 34.0 Å². The largest absolute Gasteiger partial charge is 0.466 e. The van der Waals surface area contributed by atoms with Crippen LogP contribution in [0.15, 0.2) is 0 Å². The molecule has 7 fully saturated rings. The minimum Gasteiger partial charge on any atom is -0.465 e. The number of fused-ring (bicyclic) bond motifs is 6. The first-order valence-corrected chi connectivity index (χ1v) is 22.2. The van der Waals surface area contributed by atoms with Crippen molar-refractivity contribution in [2.75, 3.05) is 26.4 Å². The van der Waals surface area contributed by atoms with Crippen molar-refractivity contribution in [2.45, 2.75) is 140 Å². The maximum Gasteiger partial charge on any atom is 0.466 e. The average Bonchev–Trinajstić information content (AvgIpc) is 3.11. The molecule has 0 aromatic rings. The number of hydrogen-bond acceptors (Lipinski definition) is 13. The molecule has 7 rings (SSSR count). The Bertz CT molecular complexity index is 1660. The molecule has 14 nitrogen and oxygen atoms in total. The lowest BCUT2D eigenvalue weighted by Gasteiger charge is -2.50. The van der Waals surface area contributed by atoms with E-state index in [2.05, 4.69) is 18.6 Å². The van der Waals surface area contributed by atoms with Gasteiger partial charge in [-0.3, -0.25) is 18.9 Å². The van der Waals surface area contributed by atoms with E-state index in [1.54, 1.807) is 0 Å². The number of carbonyl (C=O) groups is 4. The van der Waals surface area contributed by atoms with Gasteiger partial charge in [-0.05, 0) is 119 Å². The number of hydrogen-bond donors (Lipinski definition) is 3. The number of alkyl halides is 2. The van der Waals surface area contributed by atoms with E-state index < -0.39 is 85.3 Å². The molecule has 57 heavy (non-hydrogen) atoms. The summed E-state index contributed by atoms with van der Waals surface area (Å²) in [5, 5.41) is 16.6. The van der Waals surface area contributed by atoms with E-state index in [9.17, 15) is 46.6 Å². The Labute approximate surface area is 332 Å². The topological polar surface area (TPSA) is 209 Å². The predicted molar refractivity (Wildman–Crippen MR) is 193 cm³/mol. The highest BCUT2D eigenvalue weighted by Gasteiger charge is 2.59. The van der Waals surface area contributed by atoms with Crippen LogP contribution in [-0.2, 0) is 53.0 Å². The van der Waals surface area contributed by atoms with Gasteiger partial charge in [-0.1, -0.05) is 26.7 Å². The van der Waals surface area contributed by atoms with E-state index in [0.29, 0.717) is 76.5 Å². The van der Waals surface area contributed by atoms with Crippen LogP contribution < -0.4 is 0 Å². The van der Waals surface area contributed by atoms with Gasteiger partial charge in [0.25, 0.3) is 0 Å². The quantitative estimate of drug-likeness (QED) is 0.118. The van der Waals surface area contributed by atoms with E-state index in [-0.39, 0.29) is 69.4 Å². The minimum atomic E-state index is -6.18. The third-order valence-corrected chi connectivity index (χ3v) is 15.3. The summed E-state index contributed by atoms with van der Waals surface area (Å²) in [6, 6.07) is 0. The number of halogens is 2. The highest BCUT2D eigenvalue weighted by molar-refractivity contribution is 7.87. The van der Waals surface area contributed by atoms with Crippen LogP contribution in [0.2, 0.25) is 0 Å². The maximum absolute atomic E-state index is 14.0. The van der Waals surface area contributed by atoms with Gasteiger partial charge in [0.2, 0.25) is 0 Å². The molecule has 1 aliphatic heterocycles. The Kier molecular flexibility index (Phi) is 11.7. The normalized spacial score (nSPS) is 43.3. The second-order valence-electron chi connectivity index (χ2n) is 19.8. The van der Waals surface area contributed by atoms with Crippen molar-refractivity contribution in [3.05, 3.63) is 0 Å². The van der Waals surface area contributed by atoms with Crippen LogP contribution in [0.25, 0.3) is 0 Å². The molecule has 0 aromatic carbocycles. The number of carbonyl (C=O) groups excluding carboxylic acids is 4. The van der Waals surface area contributed by atoms with E-state index in [1.807, 2.05) is 0 Å². The number of aliphatic hydroxyl groups excluding tert-OH is 1. The molecule has 6 bridgehead atoms. The molecule has 1 saturated heterocycles. The Hall–Kier alpha value is -2.31. The zero-order valence-electron chi connectivity index (χ0n) is 32.8. The third kappa shape index (κ3) is 8.80. The SMILES string of the molecule is CC1CC2CC(C(=O)OCC3(COC(=O)C45CC(C)CC(CC(O)C4)C5)COC(C4CC5CCCC(C(=O)OC(=O)C(F)(F)S(=O)(=O)O)(C5)C4)OC3)CC(O)(C1)C2. The summed E-state index contributed by atoms with van der Waals surface area (Å²) in [6.07, 6.45) is 6.94. The fourth-order valence-corrected chi connectivity index (χ4v) is 12.8. The molecule has 322 valence electrons. The number of rotatable bonds is 10. The minimum absolute atomic E-state index is 0.0310. The molecule has 6 aliphatic carbocycles. The van der Waals surface area contributed by atoms with Crippen molar-refractivity contribution in [2.24, 2.45) is 57.7 Å². The van der Waals surface area contributed by atoms with Crippen molar-refractivity contribution in [3.63, 3.8) is 0 Å². The van der Waals surface area contributed by atoms with Gasteiger partial charge < -0.3 is 33.9 Å². The molecule has 0 amide bonds. The zero-order valence-corrected chi connectivity index (χ0v) is 33.7. The summed E-state index contributed by atoms with van der Waals surface area (Å²) in [6.45, 7) is 3.66. The van der Waals surface area contributed by atoms with E-state index in [0.717, 1.165) is 12.8 Å². The lowest BCUT2D eigenvalue weighted by molar-refractivity contribution is -0.275. The molecular formula is C40H58F2O14S. The molecule has 17 heteroatoms. The number of ether oxygens (including phenoxy) is 5. The van der Waals surface area contributed by atoms with Crippen molar-refractivity contribution in [1.82, 2.24) is 0 Å². The lowest BCUT2D eigenvalue weighted by Crippen LogP contribution is -2.54. The van der Waals surface area contributed by atoms with Crippen molar-refractivity contribution in [1.29, 1.82) is 0 Å². The predicted octanol–water partition coefficient (Wildman–Crippen LogP) is 4.72. The maximum atomic E-state index is 14.0. The van der Waals surface area contributed by atoms with Crippen LogP contribution in [0.1, 0.15) is 117 Å². The monoisotopic (exact) mass is 832 g/mol. The molecule has 11 atom stereocenters. The smallest absolute Gasteiger partial charge is 0.465 e. The highest BCUT2D eigenvalue weighted by atomic mass is 32.2. The molecule has 0 aromatic heterocycles.